The molecule has 0 aromatic carbocycles. The fourth-order valence-electron chi connectivity index (χ4n) is 1.22. The van der Waals surface area contributed by atoms with Crippen LogP contribution < -0.4 is 10.5 Å². The molecule has 3 N–H and O–H groups in total. The Kier molecular flexibility index (Phi) is 3.66. The molecule has 0 aromatic rings. The average molecular weight is 258 g/mol. The number of carbonyl (C=O) groups excluding carboxylic acids is 1. The van der Waals surface area contributed by atoms with Crippen molar-refractivity contribution in [1.82, 2.24) is 4.72 Å². The number of allylic oxidation sites excluding steroid dienone is 2. The van der Waals surface area contributed by atoms with E-state index in [9.17, 15) is 13.2 Å². The van der Waals surface area contributed by atoms with Crippen molar-refractivity contribution < 1.29 is 13.2 Å². The van der Waals surface area contributed by atoms with Crippen molar-refractivity contribution in [3.63, 3.8) is 0 Å². The van der Waals surface area contributed by atoms with E-state index in [4.69, 9.17) is 5.73 Å². The molecule has 5 nitrogen and oxygen atoms in total. The van der Waals surface area contributed by atoms with E-state index in [1.807, 2.05) is 0 Å². The number of rotatable bonds is 3. The molecule has 17 heavy (non-hydrogen) atoms. The van der Waals surface area contributed by atoms with Crippen LogP contribution in [0.2, 0.25) is 0 Å². The van der Waals surface area contributed by atoms with Crippen LogP contribution in [0.4, 0.5) is 0 Å². The van der Waals surface area contributed by atoms with Gasteiger partial charge in [-0.1, -0.05) is 12.2 Å². The Balaban J connectivity index is 2.76. The molecule has 0 spiro atoms. The summed E-state index contributed by atoms with van der Waals surface area (Å²) < 4.78 is 25.3. The maximum Gasteiger partial charge on any atom is 0.237 e. The molecule has 0 saturated carbocycles. The molecule has 0 fully saturated rings. The van der Waals surface area contributed by atoms with Gasteiger partial charge < -0.3 is 5.73 Å². The quantitative estimate of drug-likeness (QED) is 0.779. The summed E-state index contributed by atoms with van der Waals surface area (Å²) in [5, 5.41) is 0. The van der Waals surface area contributed by atoms with Gasteiger partial charge in [0.1, 0.15) is 0 Å². The van der Waals surface area contributed by atoms with Crippen molar-refractivity contribution in [2.75, 3.05) is 0 Å². The number of nitrogens with one attached hydrogen (secondary N) is 1. The molecule has 96 valence electrons. The van der Waals surface area contributed by atoms with Gasteiger partial charge in [0.15, 0.2) is 0 Å². The molecule has 1 atom stereocenters. The largest absolute Gasteiger partial charge is 0.369 e. The van der Waals surface area contributed by atoms with Crippen molar-refractivity contribution in [2.45, 2.75) is 31.9 Å². The standard InChI is InChI=1S/C11H18N2O3S/c1-11(2,3)17(15,16)13-9-6-4-8(5-7-9)10(12)14/h4,6-8,13H,5H2,1-3H3,(H2,12,14). The molecule has 1 rings (SSSR count). The lowest BCUT2D eigenvalue weighted by Gasteiger charge is -2.22. The molecule has 0 aliphatic heterocycles. The van der Waals surface area contributed by atoms with Crippen molar-refractivity contribution >= 4 is 15.9 Å². The lowest BCUT2D eigenvalue weighted by Crippen LogP contribution is -2.39. The first-order valence-electron chi connectivity index (χ1n) is 5.33. The van der Waals surface area contributed by atoms with E-state index in [1.165, 1.54) is 0 Å². The summed E-state index contributed by atoms with van der Waals surface area (Å²) in [5.74, 6) is -0.756. The normalized spacial score (nSPS) is 20.9. The van der Waals surface area contributed by atoms with E-state index in [0.717, 1.165) is 0 Å². The van der Waals surface area contributed by atoms with Crippen LogP contribution in [0.3, 0.4) is 0 Å². The third-order valence-electron chi connectivity index (χ3n) is 2.52. The molecule has 0 heterocycles. The van der Waals surface area contributed by atoms with Crippen molar-refractivity contribution in [3.8, 4) is 0 Å². The molecule has 0 saturated heterocycles. The highest BCUT2D eigenvalue weighted by atomic mass is 32.2. The third kappa shape index (κ3) is 3.33. The van der Waals surface area contributed by atoms with Gasteiger partial charge in [0, 0.05) is 5.70 Å². The van der Waals surface area contributed by atoms with E-state index in [0.29, 0.717) is 12.1 Å². The van der Waals surface area contributed by atoms with Crippen LogP contribution in [-0.2, 0) is 14.8 Å². The van der Waals surface area contributed by atoms with Crippen LogP contribution in [0.25, 0.3) is 0 Å². The summed E-state index contributed by atoms with van der Waals surface area (Å²) in [7, 11) is -3.42. The van der Waals surface area contributed by atoms with Gasteiger partial charge in [0.05, 0.1) is 10.7 Å². The molecule has 1 unspecified atom stereocenters. The number of amides is 1. The van der Waals surface area contributed by atoms with Gasteiger partial charge in [-0.3, -0.25) is 9.52 Å². The highest BCUT2D eigenvalue weighted by Gasteiger charge is 2.29. The summed E-state index contributed by atoms with van der Waals surface area (Å²) in [6.45, 7) is 4.86. The highest BCUT2D eigenvalue weighted by Crippen LogP contribution is 2.19. The topological polar surface area (TPSA) is 89.3 Å². The van der Waals surface area contributed by atoms with Crippen molar-refractivity contribution in [3.05, 3.63) is 23.9 Å². The van der Waals surface area contributed by atoms with E-state index >= 15 is 0 Å². The van der Waals surface area contributed by atoms with E-state index < -0.39 is 20.7 Å². The minimum absolute atomic E-state index is 0.349. The van der Waals surface area contributed by atoms with Gasteiger partial charge in [0.25, 0.3) is 0 Å². The Bertz CT molecular complexity index is 469. The Morgan fingerprint density at radius 3 is 2.41 bits per heavy atom. The molecule has 1 aliphatic carbocycles. The second-order valence-corrected chi connectivity index (χ2v) is 7.42. The van der Waals surface area contributed by atoms with Crippen LogP contribution in [-0.4, -0.2) is 19.1 Å². The molecule has 0 aromatic heterocycles. The summed E-state index contributed by atoms with van der Waals surface area (Å²) >= 11 is 0. The first-order chi connectivity index (χ1) is 7.63. The van der Waals surface area contributed by atoms with Gasteiger partial charge in [-0.25, -0.2) is 8.42 Å². The Hall–Kier alpha value is -1.30. The van der Waals surface area contributed by atoms with Gasteiger partial charge in [-0.15, -0.1) is 0 Å². The average Bonchev–Trinajstić information content (AvgIpc) is 2.16. The number of sulfonamides is 1. The fourth-order valence-corrected chi connectivity index (χ4v) is 1.98. The maximum absolute atomic E-state index is 11.9. The molecule has 0 radical (unpaired) electrons. The number of carbonyl (C=O) groups is 1. The minimum atomic E-state index is -3.42. The monoisotopic (exact) mass is 258 g/mol. The maximum atomic E-state index is 11.9. The van der Waals surface area contributed by atoms with Gasteiger partial charge in [-0.05, 0) is 33.3 Å². The summed E-state index contributed by atoms with van der Waals surface area (Å²) in [6, 6.07) is 0. The molecule has 1 amide bonds. The Morgan fingerprint density at radius 2 is 2.06 bits per heavy atom. The zero-order valence-electron chi connectivity index (χ0n) is 10.2. The first kappa shape index (κ1) is 13.8. The van der Waals surface area contributed by atoms with Crippen molar-refractivity contribution in [2.24, 2.45) is 11.7 Å². The third-order valence-corrected chi connectivity index (χ3v) is 4.64. The molecular formula is C11H18N2O3S. The van der Waals surface area contributed by atoms with Gasteiger partial charge in [-0.2, -0.15) is 0 Å². The summed E-state index contributed by atoms with van der Waals surface area (Å²) in [5.41, 5.74) is 5.63. The second-order valence-electron chi connectivity index (χ2n) is 4.98. The number of nitrogens with two attached hydrogens (primary N) is 1. The predicted molar refractivity (Wildman–Crippen MR) is 66.3 cm³/mol. The van der Waals surface area contributed by atoms with Crippen LogP contribution in [0.1, 0.15) is 27.2 Å². The smallest absolute Gasteiger partial charge is 0.237 e. The SMILES string of the molecule is CC(C)(C)S(=O)(=O)NC1=CCC(C(N)=O)C=C1. The van der Waals surface area contributed by atoms with Crippen LogP contribution in [0.5, 0.6) is 0 Å². The molecule has 1 aliphatic rings. The zero-order valence-corrected chi connectivity index (χ0v) is 11.0. The van der Waals surface area contributed by atoms with Crippen LogP contribution in [0, 0.1) is 5.92 Å². The Morgan fingerprint density at radius 1 is 1.47 bits per heavy atom. The van der Waals surface area contributed by atoms with Crippen LogP contribution in [0.15, 0.2) is 23.9 Å². The van der Waals surface area contributed by atoms with Crippen LogP contribution >= 0.6 is 0 Å². The number of hydrogen-bond donors (Lipinski definition) is 2. The summed E-state index contributed by atoms with van der Waals surface area (Å²) in [6.07, 6.45) is 5.28. The molecular weight excluding hydrogens is 240 g/mol. The highest BCUT2D eigenvalue weighted by molar-refractivity contribution is 7.90. The van der Waals surface area contributed by atoms with E-state index in [1.54, 1.807) is 39.0 Å². The molecule has 0 bridgehead atoms. The van der Waals surface area contributed by atoms with Gasteiger partial charge >= 0.3 is 0 Å². The van der Waals surface area contributed by atoms with E-state index in [-0.39, 0.29) is 5.92 Å². The van der Waals surface area contributed by atoms with E-state index in [2.05, 4.69) is 4.72 Å². The van der Waals surface area contributed by atoms with Crippen molar-refractivity contribution in [1.29, 1.82) is 0 Å². The first-order valence-corrected chi connectivity index (χ1v) is 6.82. The number of primary amides is 1. The zero-order chi connectivity index (χ0) is 13.3. The lowest BCUT2D eigenvalue weighted by atomic mass is 9.99. The second kappa shape index (κ2) is 4.52. The Labute approximate surface area is 102 Å². The summed E-state index contributed by atoms with van der Waals surface area (Å²) in [4.78, 5) is 10.9. The predicted octanol–water partition coefficient (Wildman–Crippen LogP) is 0.650. The molecule has 6 heteroatoms. The fraction of sp³-hybridized carbons (Fsp3) is 0.545. The lowest BCUT2D eigenvalue weighted by molar-refractivity contribution is -0.120. The number of hydrogen-bond acceptors (Lipinski definition) is 3. The van der Waals surface area contributed by atoms with Gasteiger partial charge in [0.2, 0.25) is 15.9 Å². The minimum Gasteiger partial charge on any atom is -0.369 e.